The van der Waals surface area contributed by atoms with Crippen LogP contribution in [-0.4, -0.2) is 49.8 Å². The van der Waals surface area contributed by atoms with Gasteiger partial charge >= 0.3 is 6.03 Å². The molecular formula is C30H37N3O4. The first-order valence-corrected chi connectivity index (χ1v) is 13.0. The molecule has 7 nitrogen and oxygen atoms in total. The van der Waals surface area contributed by atoms with Gasteiger partial charge in [0.2, 0.25) is 0 Å². The van der Waals surface area contributed by atoms with E-state index in [1.165, 1.54) is 5.56 Å². The van der Waals surface area contributed by atoms with Crippen LogP contribution in [0.2, 0.25) is 0 Å². The fraction of sp³-hybridized carbons (Fsp3) is 0.400. The summed E-state index contributed by atoms with van der Waals surface area (Å²) in [5.41, 5.74) is 4.16. The summed E-state index contributed by atoms with van der Waals surface area (Å²) in [4.78, 5) is 21.3. The Morgan fingerprint density at radius 2 is 1.68 bits per heavy atom. The van der Waals surface area contributed by atoms with Crippen LogP contribution in [0.4, 0.5) is 10.5 Å². The average molecular weight is 504 g/mol. The van der Waals surface area contributed by atoms with Crippen LogP contribution >= 0.6 is 0 Å². The topological polar surface area (TPSA) is 64.1 Å². The predicted octanol–water partition coefficient (Wildman–Crippen LogP) is 6.09. The van der Waals surface area contributed by atoms with Gasteiger partial charge in [0.05, 0.1) is 27.4 Å². The van der Waals surface area contributed by atoms with Crippen LogP contribution in [-0.2, 0) is 13.0 Å². The van der Waals surface area contributed by atoms with Gasteiger partial charge in [0.25, 0.3) is 0 Å². The van der Waals surface area contributed by atoms with Gasteiger partial charge in [-0.15, -0.1) is 0 Å². The van der Waals surface area contributed by atoms with E-state index >= 15 is 0 Å². The summed E-state index contributed by atoms with van der Waals surface area (Å²) < 4.78 is 17.2. The molecule has 1 aliphatic rings. The van der Waals surface area contributed by atoms with E-state index in [2.05, 4.69) is 30.1 Å². The van der Waals surface area contributed by atoms with Gasteiger partial charge < -0.3 is 19.1 Å². The molecule has 0 N–H and O–H groups in total. The number of nitrogens with zero attached hydrogens (tertiary/aromatic N) is 3. The van der Waals surface area contributed by atoms with Gasteiger partial charge in [-0.2, -0.15) is 0 Å². The van der Waals surface area contributed by atoms with Crippen LogP contribution in [0, 0.1) is 0 Å². The fourth-order valence-corrected chi connectivity index (χ4v) is 4.62. The van der Waals surface area contributed by atoms with Gasteiger partial charge in [0, 0.05) is 42.8 Å². The third-order valence-corrected chi connectivity index (χ3v) is 6.65. The molecule has 1 saturated heterocycles. The molecule has 0 bridgehead atoms. The molecule has 2 aromatic carbocycles. The van der Waals surface area contributed by atoms with Crippen molar-refractivity contribution in [2.75, 3.05) is 38.8 Å². The SMILES string of the molecule is CCCCCOc1cc(N2CCCN(Cc3ccc(Cc4ccncc4)cc3OC)C2=O)ccc1OC. The number of pyridine rings is 1. The second-order valence-corrected chi connectivity index (χ2v) is 9.28. The van der Waals surface area contributed by atoms with Crippen LogP contribution in [0.1, 0.15) is 49.3 Å². The normalized spacial score (nSPS) is 13.5. The van der Waals surface area contributed by atoms with Crippen molar-refractivity contribution in [1.29, 1.82) is 0 Å². The Labute approximate surface area is 220 Å². The van der Waals surface area contributed by atoms with Gasteiger partial charge in [0.15, 0.2) is 11.5 Å². The maximum atomic E-state index is 13.5. The summed E-state index contributed by atoms with van der Waals surface area (Å²) in [6.45, 7) is 4.66. The molecule has 4 rings (SSSR count). The van der Waals surface area contributed by atoms with E-state index in [0.717, 1.165) is 54.7 Å². The lowest BCUT2D eigenvalue weighted by atomic mass is 10.0. The summed E-state index contributed by atoms with van der Waals surface area (Å²) in [6, 6.07) is 16.0. The summed E-state index contributed by atoms with van der Waals surface area (Å²) in [7, 11) is 3.32. The average Bonchev–Trinajstić information content (AvgIpc) is 2.93. The molecule has 37 heavy (non-hydrogen) atoms. The van der Waals surface area contributed by atoms with Crippen LogP contribution in [0.5, 0.6) is 17.2 Å². The molecule has 3 aromatic rings. The van der Waals surface area contributed by atoms with Crippen LogP contribution in [0.3, 0.4) is 0 Å². The second kappa shape index (κ2) is 13.0. The number of carbonyl (C=O) groups is 1. The summed E-state index contributed by atoms with van der Waals surface area (Å²) in [5.74, 6) is 2.15. The number of hydrogen-bond acceptors (Lipinski definition) is 5. The number of urea groups is 1. The number of methoxy groups -OCH3 is 2. The maximum absolute atomic E-state index is 13.5. The molecule has 2 amide bonds. The van der Waals surface area contributed by atoms with Crippen molar-refractivity contribution in [1.82, 2.24) is 9.88 Å². The minimum absolute atomic E-state index is 0.0173. The zero-order valence-electron chi connectivity index (χ0n) is 22.1. The highest BCUT2D eigenvalue weighted by molar-refractivity contribution is 5.93. The molecule has 196 valence electrons. The number of carbonyl (C=O) groups excluding carboxylic acids is 1. The first kappa shape index (κ1) is 26.3. The van der Waals surface area contributed by atoms with E-state index < -0.39 is 0 Å². The molecule has 1 aliphatic heterocycles. The Morgan fingerprint density at radius 1 is 0.865 bits per heavy atom. The molecule has 0 atom stereocenters. The molecule has 7 heteroatoms. The first-order chi connectivity index (χ1) is 18.1. The lowest BCUT2D eigenvalue weighted by molar-refractivity contribution is 0.191. The molecule has 0 spiro atoms. The minimum Gasteiger partial charge on any atom is -0.496 e. The Morgan fingerprint density at radius 3 is 2.43 bits per heavy atom. The largest absolute Gasteiger partial charge is 0.496 e. The van der Waals surface area contributed by atoms with Crippen LogP contribution in [0.15, 0.2) is 60.9 Å². The van der Waals surface area contributed by atoms with Crippen LogP contribution in [0.25, 0.3) is 0 Å². The zero-order chi connectivity index (χ0) is 26.0. The van der Waals surface area contributed by atoms with Gasteiger partial charge in [-0.25, -0.2) is 4.79 Å². The second-order valence-electron chi connectivity index (χ2n) is 9.28. The van der Waals surface area contributed by atoms with Gasteiger partial charge in [-0.05, 0) is 60.7 Å². The van der Waals surface area contributed by atoms with Crippen molar-refractivity contribution in [2.24, 2.45) is 0 Å². The smallest absolute Gasteiger partial charge is 0.324 e. The lowest BCUT2D eigenvalue weighted by Crippen LogP contribution is -2.49. The third-order valence-electron chi connectivity index (χ3n) is 6.65. The lowest BCUT2D eigenvalue weighted by Gasteiger charge is -2.36. The van der Waals surface area contributed by atoms with Gasteiger partial charge in [-0.3, -0.25) is 9.88 Å². The van der Waals surface area contributed by atoms with E-state index in [0.29, 0.717) is 37.7 Å². The summed E-state index contributed by atoms with van der Waals surface area (Å²) in [5, 5.41) is 0. The van der Waals surface area contributed by atoms with Crippen molar-refractivity contribution >= 4 is 11.7 Å². The standard InChI is InChI=1S/C30H37N3O4/c1-4-5-6-18-37-29-21-26(10-11-27(29)35-2)33-17-7-16-32(30(33)34)22-25-9-8-24(20-28(25)36-3)19-23-12-14-31-15-13-23/h8-15,20-21H,4-7,16-19,22H2,1-3H3. The Balaban J connectivity index is 1.47. The summed E-state index contributed by atoms with van der Waals surface area (Å²) >= 11 is 0. The molecular weight excluding hydrogens is 466 g/mol. The van der Waals surface area contributed by atoms with Crippen molar-refractivity contribution in [3.8, 4) is 17.2 Å². The number of unbranched alkanes of at least 4 members (excludes halogenated alkanes) is 2. The highest BCUT2D eigenvalue weighted by atomic mass is 16.5. The van der Waals surface area contributed by atoms with Crippen molar-refractivity contribution in [3.63, 3.8) is 0 Å². The highest BCUT2D eigenvalue weighted by Gasteiger charge is 2.28. The van der Waals surface area contributed by atoms with E-state index in [1.54, 1.807) is 26.6 Å². The fourth-order valence-electron chi connectivity index (χ4n) is 4.62. The highest BCUT2D eigenvalue weighted by Crippen LogP contribution is 2.34. The van der Waals surface area contributed by atoms with E-state index in [-0.39, 0.29) is 6.03 Å². The zero-order valence-corrected chi connectivity index (χ0v) is 22.1. The molecule has 1 aromatic heterocycles. The molecule has 1 fully saturated rings. The van der Waals surface area contributed by atoms with Gasteiger partial charge in [-0.1, -0.05) is 31.9 Å². The Kier molecular flexibility index (Phi) is 9.24. The molecule has 0 saturated carbocycles. The van der Waals surface area contributed by atoms with Crippen molar-refractivity contribution in [3.05, 3.63) is 77.6 Å². The maximum Gasteiger partial charge on any atom is 0.324 e. The molecule has 2 heterocycles. The number of hydrogen-bond donors (Lipinski definition) is 0. The summed E-state index contributed by atoms with van der Waals surface area (Å²) in [6.07, 6.45) is 8.54. The minimum atomic E-state index is -0.0173. The van der Waals surface area contributed by atoms with E-state index in [9.17, 15) is 4.79 Å². The van der Waals surface area contributed by atoms with Gasteiger partial charge in [0.1, 0.15) is 5.75 Å². The first-order valence-electron chi connectivity index (χ1n) is 13.0. The number of anilines is 1. The number of amides is 2. The molecule has 0 radical (unpaired) electrons. The number of aromatic nitrogens is 1. The number of benzene rings is 2. The molecule has 0 aliphatic carbocycles. The third kappa shape index (κ3) is 6.73. The predicted molar refractivity (Wildman–Crippen MR) is 146 cm³/mol. The van der Waals surface area contributed by atoms with Crippen molar-refractivity contribution < 1.29 is 19.0 Å². The van der Waals surface area contributed by atoms with Crippen molar-refractivity contribution in [2.45, 2.75) is 45.6 Å². The number of ether oxygens (including phenoxy) is 3. The molecule has 0 unspecified atom stereocenters. The monoisotopic (exact) mass is 503 g/mol. The van der Waals surface area contributed by atoms with E-state index in [4.69, 9.17) is 14.2 Å². The quantitative estimate of drug-likeness (QED) is 0.280. The van der Waals surface area contributed by atoms with E-state index in [1.807, 2.05) is 40.1 Å². The van der Waals surface area contributed by atoms with Crippen LogP contribution < -0.4 is 19.1 Å². The Hall–Kier alpha value is -3.74. The number of rotatable bonds is 12. The Bertz CT molecular complexity index is 1170.